The highest BCUT2D eigenvalue weighted by atomic mass is 19.4. The molecule has 0 bridgehead atoms. The molecule has 0 amide bonds. The summed E-state index contributed by atoms with van der Waals surface area (Å²) in [4.78, 5) is 0. The molecule has 0 saturated carbocycles. The van der Waals surface area contributed by atoms with Crippen molar-refractivity contribution >= 4 is 16.7 Å². The molecule has 0 unspecified atom stereocenters. The van der Waals surface area contributed by atoms with E-state index in [2.05, 4.69) is 15.6 Å². The Balaban J connectivity index is 2.76. The summed E-state index contributed by atoms with van der Waals surface area (Å²) in [5.41, 5.74) is 0.379. The molecule has 0 radical (unpaired) electrons. The van der Waals surface area contributed by atoms with Crippen molar-refractivity contribution in [2.75, 3.05) is 12.4 Å². The maximum Gasteiger partial charge on any atom is 0.416 e. The van der Waals surface area contributed by atoms with Crippen LogP contribution in [-0.2, 0) is 13.2 Å². The number of hydrogen-bond acceptors (Lipinski definition) is 3. The summed E-state index contributed by atoms with van der Waals surface area (Å²) < 4.78 is 39.1. The van der Waals surface area contributed by atoms with E-state index in [4.69, 9.17) is 0 Å². The Morgan fingerprint density at radius 3 is 2.56 bits per heavy atom. The zero-order valence-electron chi connectivity index (χ0n) is 8.63. The minimum Gasteiger partial charge on any atom is -0.386 e. The van der Waals surface area contributed by atoms with Crippen LogP contribution in [0.5, 0.6) is 0 Å². The molecule has 1 heterocycles. The molecule has 0 aliphatic heterocycles. The average molecular weight is 230 g/mol. The number of anilines is 1. The first-order valence-electron chi connectivity index (χ1n) is 4.52. The molecule has 0 spiro atoms. The van der Waals surface area contributed by atoms with Gasteiger partial charge in [-0.25, -0.2) is 4.68 Å². The molecule has 4 nitrogen and oxygen atoms in total. The highest BCUT2D eigenvalue weighted by molar-refractivity contribution is 5.88. The summed E-state index contributed by atoms with van der Waals surface area (Å²) in [5.74, 6) is 0. The van der Waals surface area contributed by atoms with Gasteiger partial charge in [-0.2, -0.15) is 13.2 Å². The Hall–Kier alpha value is -1.79. The third kappa shape index (κ3) is 1.58. The molecule has 16 heavy (non-hydrogen) atoms. The number of rotatable bonds is 1. The lowest BCUT2D eigenvalue weighted by atomic mass is 10.1. The second-order valence-corrected chi connectivity index (χ2v) is 3.35. The van der Waals surface area contributed by atoms with Crippen molar-refractivity contribution in [1.82, 2.24) is 15.0 Å². The van der Waals surface area contributed by atoms with E-state index in [0.29, 0.717) is 16.7 Å². The number of nitrogens with one attached hydrogen (secondary N) is 1. The summed E-state index contributed by atoms with van der Waals surface area (Å²) >= 11 is 0. The molecular formula is C9H9F3N4. The number of hydrogen-bond donors (Lipinski definition) is 1. The summed E-state index contributed by atoms with van der Waals surface area (Å²) in [6, 6.07) is 2.06. The quantitative estimate of drug-likeness (QED) is 0.815. The van der Waals surface area contributed by atoms with Gasteiger partial charge in [0.15, 0.2) is 0 Å². The molecule has 0 atom stereocenters. The van der Waals surface area contributed by atoms with Gasteiger partial charge in [0.25, 0.3) is 0 Å². The highest BCUT2D eigenvalue weighted by Crippen LogP contribution is 2.34. The highest BCUT2D eigenvalue weighted by Gasteiger charge is 2.32. The van der Waals surface area contributed by atoms with Crippen molar-refractivity contribution in [2.24, 2.45) is 7.05 Å². The molecule has 0 aliphatic carbocycles. The van der Waals surface area contributed by atoms with Crippen molar-refractivity contribution in [3.63, 3.8) is 0 Å². The van der Waals surface area contributed by atoms with Crippen LogP contribution in [-0.4, -0.2) is 22.0 Å². The van der Waals surface area contributed by atoms with Crippen LogP contribution in [0, 0.1) is 0 Å². The number of alkyl halides is 3. The van der Waals surface area contributed by atoms with E-state index in [1.807, 2.05) is 0 Å². The first-order valence-corrected chi connectivity index (χ1v) is 4.52. The fourth-order valence-electron chi connectivity index (χ4n) is 1.49. The van der Waals surface area contributed by atoms with E-state index in [-0.39, 0.29) is 0 Å². The van der Waals surface area contributed by atoms with E-state index >= 15 is 0 Å². The summed E-state index contributed by atoms with van der Waals surface area (Å²) in [7, 11) is 3.10. The van der Waals surface area contributed by atoms with Crippen LogP contribution in [0.15, 0.2) is 12.1 Å². The molecule has 7 heteroatoms. The Morgan fingerprint density at radius 2 is 2.00 bits per heavy atom. The van der Waals surface area contributed by atoms with Crippen LogP contribution < -0.4 is 5.32 Å². The maximum absolute atomic E-state index is 12.6. The summed E-state index contributed by atoms with van der Waals surface area (Å²) in [6.45, 7) is 0. The number of benzene rings is 1. The third-order valence-corrected chi connectivity index (χ3v) is 2.31. The Bertz CT molecular complexity index is 529. The van der Waals surface area contributed by atoms with E-state index in [1.165, 1.54) is 4.68 Å². The van der Waals surface area contributed by atoms with Gasteiger partial charge in [0.1, 0.15) is 5.52 Å². The molecule has 1 N–H and O–H groups in total. The Kier molecular flexibility index (Phi) is 2.25. The van der Waals surface area contributed by atoms with Gasteiger partial charge in [0.2, 0.25) is 0 Å². The average Bonchev–Trinajstić information content (AvgIpc) is 2.58. The molecule has 86 valence electrons. The predicted octanol–water partition coefficient (Wildman–Crippen LogP) is 2.03. The van der Waals surface area contributed by atoms with E-state index in [0.717, 1.165) is 12.1 Å². The van der Waals surface area contributed by atoms with Crippen molar-refractivity contribution in [3.05, 3.63) is 17.7 Å². The first-order chi connectivity index (χ1) is 7.43. The minimum absolute atomic E-state index is 0.318. The van der Waals surface area contributed by atoms with Gasteiger partial charge < -0.3 is 5.32 Å². The van der Waals surface area contributed by atoms with Gasteiger partial charge in [-0.05, 0) is 12.1 Å². The van der Waals surface area contributed by atoms with Gasteiger partial charge >= 0.3 is 6.18 Å². The lowest BCUT2D eigenvalue weighted by Gasteiger charge is -2.09. The monoisotopic (exact) mass is 230 g/mol. The van der Waals surface area contributed by atoms with Crippen LogP contribution >= 0.6 is 0 Å². The van der Waals surface area contributed by atoms with Crippen molar-refractivity contribution < 1.29 is 13.2 Å². The zero-order chi connectivity index (χ0) is 11.9. The van der Waals surface area contributed by atoms with Gasteiger partial charge in [-0.3, -0.25) is 0 Å². The predicted molar refractivity (Wildman–Crippen MR) is 53.1 cm³/mol. The minimum atomic E-state index is -4.37. The lowest BCUT2D eigenvalue weighted by Crippen LogP contribution is -2.06. The van der Waals surface area contributed by atoms with Crippen molar-refractivity contribution in [3.8, 4) is 0 Å². The van der Waals surface area contributed by atoms with Gasteiger partial charge in [0, 0.05) is 14.1 Å². The van der Waals surface area contributed by atoms with Gasteiger partial charge in [0.05, 0.1) is 16.8 Å². The Labute approximate surface area is 89.0 Å². The van der Waals surface area contributed by atoms with E-state index < -0.39 is 11.7 Å². The standard InChI is InChI=1S/C9H9F3N4/c1-13-6-3-5(9(10,11)12)4-7-8(6)14-15-16(7)2/h3-4,13H,1-2H3. The third-order valence-electron chi connectivity index (χ3n) is 2.31. The maximum atomic E-state index is 12.6. The smallest absolute Gasteiger partial charge is 0.386 e. The molecule has 0 saturated heterocycles. The van der Waals surface area contributed by atoms with Gasteiger partial charge in [-0.1, -0.05) is 5.21 Å². The molecular weight excluding hydrogens is 221 g/mol. The fraction of sp³-hybridized carbons (Fsp3) is 0.333. The van der Waals surface area contributed by atoms with Crippen LogP contribution in [0.1, 0.15) is 5.56 Å². The van der Waals surface area contributed by atoms with Gasteiger partial charge in [-0.15, -0.1) is 5.10 Å². The number of aryl methyl sites for hydroxylation is 1. The first kappa shape index (κ1) is 10.7. The number of nitrogens with zero attached hydrogens (tertiary/aromatic N) is 3. The lowest BCUT2D eigenvalue weighted by molar-refractivity contribution is -0.137. The summed E-state index contributed by atoms with van der Waals surface area (Å²) in [5, 5.41) is 10.2. The molecule has 1 aromatic carbocycles. The number of halogens is 3. The van der Waals surface area contributed by atoms with Crippen molar-refractivity contribution in [2.45, 2.75) is 6.18 Å². The number of fused-ring (bicyclic) bond motifs is 1. The van der Waals surface area contributed by atoms with Crippen molar-refractivity contribution in [1.29, 1.82) is 0 Å². The molecule has 2 rings (SSSR count). The van der Waals surface area contributed by atoms with Crippen LogP contribution in [0.25, 0.3) is 11.0 Å². The largest absolute Gasteiger partial charge is 0.416 e. The topological polar surface area (TPSA) is 42.7 Å². The molecule has 2 aromatic rings. The van der Waals surface area contributed by atoms with Crippen LogP contribution in [0.2, 0.25) is 0 Å². The summed E-state index contributed by atoms with van der Waals surface area (Å²) in [6.07, 6.45) is -4.37. The second-order valence-electron chi connectivity index (χ2n) is 3.35. The number of aromatic nitrogens is 3. The van der Waals surface area contributed by atoms with E-state index in [1.54, 1.807) is 14.1 Å². The molecule has 1 aromatic heterocycles. The Morgan fingerprint density at radius 1 is 1.31 bits per heavy atom. The SMILES string of the molecule is CNc1cc(C(F)(F)F)cc2c1nnn2C. The van der Waals surface area contributed by atoms with Crippen LogP contribution in [0.4, 0.5) is 18.9 Å². The zero-order valence-corrected chi connectivity index (χ0v) is 8.63. The van der Waals surface area contributed by atoms with Crippen LogP contribution in [0.3, 0.4) is 0 Å². The normalized spacial score (nSPS) is 12.1. The molecule has 0 aliphatic rings. The molecule has 0 fully saturated rings. The van der Waals surface area contributed by atoms with E-state index in [9.17, 15) is 13.2 Å². The fourth-order valence-corrected chi connectivity index (χ4v) is 1.49. The second kappa shape index (κ2) is 3.36.